The summed E-state index contributed by atoms with van der Waals surface area (Å²) in [5.41, 5.74) is 1.11. The lowest BCUT2D eigenvalue weighted by Crippen LogP contribution is -2.43. The van der Waals surface area contributed by atoms with E-state index in [1.165, 1.54) is 0 Å². The number of benzene rings is 2. The van der Waals surface area contributed by atoms with E-state index in [9.17, 15) is 4.79 Å². The molecule has 0 unspecified atom stereocenters. The van der Waals surface area contributed by atoms with Crippen LogP contribution in [0.1, 0.15) is 47.0 Å². The Bertz CT molecular complexity index is 934. The number of carbonyl (C=O) groups is 1. The third kappa shape index (κ3) is 7.92. The Morgan fingerprint density at radius 1 is 0.941 bits per heavy atom. The van der Waals surface area contributed by atoms with Crippen molar-refractivity contribution >= 4 is 17.3 Å². The number of hydrogen-bond donors (Lipinski definition) is 0. The smallest absolute Gasteiger partial charge is 0.316 e. The number of azo groups is 1. The molecule has 1 aliphatic rings. The van der Waals surface area contributed by atoms with Crippen LogP contribution in [0.5, 0.6) is 11.5 Å². The predicted octanol–water partition coefficient (Wildman–Crippen LogP) is 6.66. The van der Waals surface area contributed by atoms with E-state index in [1.807, 2.05) is 45.0 Å². The zero-order chi connectivity index (χ0) is 24.4. The van der Waals surface area contributed by atoms with E-state index in [-0.39, 0.29) is 11.4 Å². The number of ether oxygens (including phenoxy) is 4. The Kier molecular flexibility index (Phi) is 9.19. The fourth-order valence-corrected chi connectivity index (χ4v) is 3.04. The number of esters is 1. The molecule has 184 valence electrons. The van der Waals surface area contributed by atoms with Crippen LogP contribution in [0.4, 0.5) is 11.4 Å². The van der Waals surface area contributed by atoms with Crippen LogP contribution >= 0.6 is 0 Å². The summed E-state index contributed by atoms with van der Waals surface area (Å²) in [6.45, 7) is 11.7. The lowest BCUT2D eigenvalue weighted by Gasteiger charge is -2.37. The average Bonchev–Trinajstić information content (AvgIpc) is 2.82. The van der Waals surface area contributed by atoms with Crippen LogP contribution < -0.4 is 9.47 Å². The minimum absolute atomic E-state index is 0.208. The first-order valence-corrected chi connectivity index (χ1v) is 11.9. The third-order valence-corrected chi connectivity index (χ3v) is 5.90. The SMILES string of the molecule is CCC(C)(C)C(=O)Oc1ccc(N=Nc2ccc(OCCCCOCC3(C)COC3)cc2)cc1. The van der Waals surface area contributed by atoms with Crippen LogP contribution in [0, 0.1) is 10.8 Å². The van der Waals surface area contributed by atoms with Crippen LogP contribution in [-0.2, 0) is 14.3 Å². The predicted molar refractivity (Wildman–Crippen MR) is 131 cm³/mol. The van der Waals surface area contributed by atoms with Crippen LogP contribution in [0.3, 0.4) is 0 Å². The first-order valence-electron chi connectivity index (χ1n) is 11.9. The Morgan fingerprint density at radius 3 is 2.03 bits per heavy atom. The Hall–Kier alpha value is -2.77. The summed E-state index contributed by atoms with van der Waals surface area (Å²) in [4.78, 5) is 12.2. The van der Waals surface area contributed by atoms with Crippen LogP contribution in [0.2, 0.25) is 0 Å². The fraction of sp³-hybridized carbons (Fsp3) is 0.519. The molecule has 1 fully saturated rings. The van der Waals surface area contributed by atoms with Gasteiger partial charge in [-0.3, -0.25) is 4.79 Å². The van der Waals surface area contributed by atoms with Crippen molar-refractivity contribution in [3.05, 3.63) is 48.5 Å². The molecule has 2 aromatic carbocycles. The molecule has 0 saturated carbocycles. The van der Waals surface area contributed by atoms with Crippen molar-refractivity contribution in [3.8, 4) is 11.5 Å². The molecule has 0 N–H and O–H groups in total. The van der Waals surface area contributed by atoms with Gasteiger partial charge in [0.1, 0.15) is 11.5 Å². The molecule has 0 aromatic heterocycles. The van der Waals surface area contributed by atoms with Crippen molar-refractivity contribution in [1.82, 2.24) is 0 Å². The molecule has 0 atom stereocenters. The van der Waals surface area contributed by atoms with Gasteiger partial charge >= 0.3 is 5.97 Å². The lowest BCUT2D eigenvalue weighted by atomic mass is 9.90. The molecule has 34 heavy (non-hydrogen) atoms. The molecule has 1 aliphatic heterocycles. The molecule has 0 amide bonds. The van der Waals surface area contributed by atoms with Gasteiger partial charge in [-0.25, -0.2) is 0 Å². The maximum Gasteiger partial charge on any atom is 0.316 e. The molecule has 0 spiro atoms. The zero-order valence-electron chi connectivity index (χ0n) is 20.7. The van der Waals surface area contributed by atoms with Crippen molar-refractivity contribution in [2.45, 2.75) is 47.0 Å². The van der Waals surface area contributed by atoms with E-state index in [0.717, 1.165) is 50.7 Å². The lowest BCUT2D eigenvalue weighted by molar-refractivity contribution is -0.144. The fourth-order valence-electron chi connectivity index (χ4n) is 3.04. The highest BCUT2D eigenvalue weighted by Gasteiger charge is 2.33. The van der Waals surface area contributed by atoms with Crippen molar-refractivity contribution in [2.75, 3.05) is 33.0 Å². The van der Waals surface area contributed by atoms with E-state index in [1.54, 1.807) is 24.3 Å². The molecule has 1 heterocycles. The zero-order valence-corrected chi connectivity index (χ0v) is 20.7. The molecule has 2 aromatic rings. The summed E-state index contributed by atoms with van der Waals surface area (Å²) in [5, 5.41) is 8.50. The molecule has 0 aliphatic carbocycles. The number of unbranched alkanes of at least 4 members (excludes halogenated alkanes) is 1. The maximum absolute atomic E-state index is 12.2. The summed E-state index contributed by atoms with van der Waals surface area (Å²) in [6, 6.07) is 14.5. The molecule has 0 radical (unpaired) electrons. The Labute approximate surface area is 202 Å². The minimum atomic E-state index is -0.507. The number of rotatable bonds is 13. The second-order valence-electron chi connectivity index (χ2n) is 9.73. The van der Waals surface area contributed by atoms with Gasteiger partial charge in [-0.1, -0.05) is 13.8 Å². The van der Waals surface area contributed by atoms with E-state index < -0.39 is 5.41 Å². The number of carbonyl (C=O) groups excluding carboxylic acids is 1. The van der Waals surface area contributed by atoms with Crippen LogP contribution in [-0.4, -0.2) is 39.0 Å². The molecule has 7 nitrogen and oxygen atoms in total. The van der Waals surface area contributed by atoms with Crippen LogP contribution in [0.25, 0.3) is 0 Å². The van der Waals surface area contributed by atoms with E-state index >= 15 is 0 Å². The summed E-state index contributed by atoms with van der Waals surface area (Å²) in [5.74, 6) is 1.06. The molecule has 3 rings (SSSR count). The third-order valence-electron chi connectivity index (χ3n) is 5.90. The van der Waals surface area contributed by atoms with Gasteiger partial charge in [-0.15, -0.1) is 0 Å². The van der Waals surface area contributed by atoms with Gasteiger partial charge in [-0.05, 0) is 81.6 Å². The first kappa shape index (κ1) is 25.8. The second-order valence-corrected chi connectivity index (χ2v) is 9.73. The number of nitrogens with zero attached hydrogens (tertiary/aromatic N) is 2. The number of hydrogen-bond acceptors (Lipinski definition) is 7. The summed E-state index contributed by atoms with van der Waals surface area (Å²) >= 11 is 0. The summed E-state index contributed by atoms with van der Waals surface area (Å²) < 4.78 is 22.2. The second kappa shape index (κ2) is 12.1. The van der Waals surface area contributed by atoms with Crippen molar-refractivity contribution < 1.29 is 23.7 Å². The van der Waals surface area contributed by atoms with E-state index in [0.29, 0.717) is 24.5 Å². The highest BCUT2D eigenvalue weighted by molar-refractivity contribution is 5.78. The summed E-state index contributed by atoms with van der Waals surface area (Å²) in [7, 11) is 0. The summed E-state index contributed by atoms with van der Waals surface area (Å²) in [6.07, 6.45) is 2.63. The van der Waals surface area contributed by atoms with Gasteiger partial charge in [0.15, 0.2) is 0 Å². The molecule has 1 saturated heterocycles. The quantitative estimate of drug-likeness (QED) is 0.142. The van der Waals surface area contributed by atoms with Gasteiger partial charge in [0.2, 0.25) is 0 Å². The normalized spacial score (nSPS) is 15.2. The van der Waals surface area contributed by atoms with Crippen molar-refractivity contribution in [3.63, 3.8) is 0 Å². The molecular weight excluding hydrogens is 432 g/mol. The maximum atomic E-state index is 12.2. The highest BCUT2D eigenvalue weighted by atomic mass is 16.5. The van der Waals surface area contributed by atoms with Gasteiger partial charge < -0.3 is 18.9 Å². The minimum Gasteiger partial charge on any atom is -0.494 e. The monoisotopic (exact) mass is 468 g/mol. The molecule has 7 heteroatoms. The topological polar surface area (TPSA) is 78.7 Å². The average molecular weight is 469 g/mol. The van der Waals surface area contributed by atoms with Crippen molar-refractivity contribution in [1.29, 1.82) is 0 Å². The Morgan fingerprint density at radius 2 is 1.50 bits per heavy atom. The van der Waals surface area contributed by atoms with E-state index in [2.05, 4.69) is 17.2 Å². The van der Waals surface area contributed by atoms with Crippen LogP contribution in [0.15, 0.2) is 58.8 Å². The van der Waals surface area contributed by atoms with Gasteiger partial charge in [-0.2, -0.15) is 10.2 Å². The Balaban J connectivity index is 1.36. The van der Waals surface area contributed by atoms with Gasteiger partial charge in [0.25, 0.3) is 0 Å². The molecular formula is C27H36N2O5. The van der Waals surface area contributed by atoms with Gasteiger partial charge in [0.05, 0.1) is 43.2 Å². The largest absolute Gasteiger partial charge is 0.494 e. The highest BCUT2D eigenvalue weighted by Crippen LogP contribution is 2.27. The molecule has 0 bridgehead atoms. The van der Waals surface area contributed by atoms with Crippen molar-refractivity contribution in [2.24, 2.45) is 21.1 Å². The first-order chi connectivity index (χ1) is 16.3. The standard InChI is InChI=1S/C27H36N2O5/c1-5-26(2,3)25(30)34-24-14-10-22(11-15-24)29-28-21-8-12-23(13-9-21)33-17-7-6-16-31-18-27(4)19-32-20-27/h8-15H,5-7,16-20H2,1-4H3. The van der Waals surface area contributed by atoms with Gasteiger partial charge in [0, 0.05) is 12.0 Å². The van der Waals surface area contributed by atoms with E-state index in [4.69, 9.17) is 18.9 Å².